The Labute approximate surface area is 473 Å². The van der Waals surface area contributed by atoms with Crippen LogP contribution in [-0.2, 0) is 28.9 Å². The molecule has 1 saturated heterocycles. The predicted molar refractivity (Wildman–Crippen MR) is 319 cm³/mol. The maximum atomic E-state index is 13.2. The molecule has 6 N–H and O–H groups in total. The molecule has 0 bridgehead atoms. The molecule has 1 heterocycles. The maximum Gasteiger partial charge on any atom is 0.397 e. The monoisotopic (exact) mass is 1110 g/mol. The van der Waals surface area contributed by atoms with Gasteiger partial charge in [-0.2, -0.15) is 8.42 Å². The van der Waals surface area contributed by atoms with Crippen LogP contribution in [0.15, 0.2) is 24.3 Å². The summed E-state index contributed by atoms with van der Waals surface area (Å²) in [5.41, 5.74) is 0. The van der Waals surface area contributed by atoms with Crippen LogP contribution in [0.25, 0.3) is 0 Å². The van der Waals surface area contributed by atoms with Crippen molar-refractivity contribution in [2.45, 2.75) is 365 Å². The largest absolute Gasteiger partial charge is 0.397 e. The van der Waals surface area contributed by atoms with E-state index in [9.17, 15) is 38.2 Å². The molecule has 0 saturated carbocycles. The van der Waals surface area contributed by atoms with Crippen LogP contribution in [0.5, 0.6) is 0 Å². The molecular formula is C64H123NO11S. The third-order valence-corrected chi connectivity index (χ3v) is 16.2. The van der Waals surface area contributed by atoms with E-state index in [4.69, 9.17) is 9.47 Å². The summed E-state index contributed by atoms with van der Waals surface area (Å²) in [6.07, 6.45) is 59.1. The Morgan fingerprint density at radius 2 is 0.870 bits per heavy atom. The van der Waals surface area contributed by atoms with Crippen molar-refractivity contribution in [3.8, 4) is 0 Å². The lowest BCUT2D eigenvalue weighted by Gasteiger charge is -2.41. The van der Waals surface area contributed by atoms with Crippen molar-refractivity contribution < 1.29 is 51.8 Å². The summed E-state index contributed by atoms with van der Waals surface area (Å²) in [5, 5.41) is 45.3. The zero-order valence-electron chi connectivity index (χ0n) is 49.8. The van der Waals surface area contributed by atoms with E-state index in [0.717, 1.165) is 57.8 Å². The zero-order valence-corrected chi connectivity index (χ0v) is 50.6. The smallest absolute Gasteiger partial charge is 0.394 e. The Bertz CT molecular complexity index is 1450. The molecule has 0 aliphatic carbocycles. The Morgan fingerprint density at radius 3 is 1.23 bits per heavy atom. The molecule has 1 amide bonds. The van der Waals surface area contributed by atoms with Crippen molar-refractivity contribution in [2.75, 3.05) is 13.2 Å². The fourth-order valence-electron chi connectivity index (χ4n) is 10.7. The van der Waals surface area contributed by atoms with Gasteiger partial charge in [-0.25, -0.2) is 4.18 Å². The van der Waals surface area contributed by atoms with Gasteiger partial charge in [0, 0.05) is 6.42 Å². The fraction of sp³-hybridized carbons (Fsp3) is 0.922. The molecule has 7 atom stereocenters. The van der Waals surface area contributed by atoms with Crippen LogP contribution < -0.4 is 5.32 Å². The molecule has 0 radical (unpaired) electrons. The Morgan fingerprint density at radius 1 is 0.519 bits per heavy atom. The molecule has 1 aliphatic rings. The van der Waals surface area contributed by atoms with E-state index >= 15 is 0 Å². The molecule has 0 aromatic rings. The van der Waals surface area contributed by atoms with E-state index in [1.807, 2.05) is 0 Å². The number of carbonyl (C=O) groups excluding carboxylic acids is 1. The highest BCUT2D eigenvalue weighted by Gasteiger charge is 2.48. The summed E-state index contributed by atoms with van der Waals surface area (Å²) in [4.78, 5) is 13.2. The first-order valence-corrected chi connectivity index (χ1v) is 34.1. The molecular weight excluding hydrogens is 991 g/mol. The Balaban J connectivity index is 2.29. The first-order valence-electron chi connectivity index (χ1n) is 32.7. The van der Waals surface area contributed by atoms with Gasteiger partial charge in [-0.1, -0.05) is 295 Å². The number of hydrogen-bond acceptors (Lipinski definition) is 10. The maximum absolute atomic E-state index is 13.2. The van der Waals surface area contributed by atoms with E-state index in [0.29, 0.717) is 12.8 Å². The van der Waals surface area contributed by atoms with Gasteiger partial charge in [0.2, 0.25) is 5.91 Å². The molecule has 0 spiro atoms. The van der Waals surface area contributed by atoms with E-state index in [1.54, 1.807) is 0 Å². The number of amides is 1. The molecule has 13 heteroatoms. The van der Waals surface area contributed by atoms with Crippen molar-refractivity contribution in [2.24, 2.45) is 0 Å². The van der Waals surface area contributed by atoms with Crippen molar-refractivity contribution in [3.05, 3.63) is 24.3 Å². The highest BCUT2D eigenvalue weighted by Crippen LogP contribution is 2.26. The molecule has 0 aromatic carbocycles. The van der Waals surface area contributed by atoms with Crippen LogP contribution in [0.1, 0.15) is 322 Å². The molecule has 0 aromatic heterocycles. The Kier molecular flexibility index (Phi) is 51.5. The molecule has 12 nitrogen and oxygen atoms in total. The number of ether oxygens (including phenoxy) is 2. The van der Waals surface area contributed by atoms with Gasteiger partial charge in [0.1, 0.15) is 24.4 Å². The van der Waals surface area contributed by atoms with E-state index in [1.165, 1.54) is 231 Å². The lowest BCUT2D eigenvalue weighted by Crippen LogP contribution is -2.61. The molecule has 456 valence electrons. The van der Waals surface area contributed by atoms with Gasteiger partial charge in [0.15, 0.2) is 6.29 Å². The number of hydrogen-bond donors (Lipinski definition) is 6. The summed E-state index contributed by atoms with van der Waals surface area (Å²) < 4.78 is 48.1. The minimum absolute atomic E-state index is 0.229. The number of rotatable bonds is 58. The summed E-state index contributed by atoms with van der Waals surface area (Å²) >= 11 is 0. The van der Waals surface area contributed by atoms with Crippen LogP contribution in [0.3, 0.4) is 0 Å². The standard InChI is InChI=1S/C64H123NO11S/c1-3-5-7-9-11-13-15-17-19-21-23-25-27-29-31-33-35-37-39-41-43-45-47-49-51-53-58(67)57(56-74-64-62(70)63(76-77(71,72)73)61(69)59(55-66)75-64)65-60(68)54-52-50-48-46-44-42-40-38-36-34-32-30-28-26-24-22-20-18-16-14-12-10-8-6-4-2/h24,26,30,32,57-59,61-64,66-67,69-70H,3-23,25,27-29,31,33-56H2,1-2H3,(H,65,68)(H,71,72,73)/b26-24-,32-30-. The highest BCUT2D eigenvalue weighted by atomic mass is 32.3. The predicted octanol–water partition coefficient (Wildman–Crippen LogP) is 16.4. The van der Waals surface area contributed by atoms with Gasteiger partial charge >= 0.3 is 10.4 Å². The third-order valence-electron chi connectivity index (χ3n) is 15.8. The van der Waals surface area contributed by atoms with Crippen LogP contribution in [-0.4, -0.2) is 95.4 Å². The number of nitrogens with one attached hydrogen (secondary N) is 1. The van der Waals surface area contributed by atoms with Crippen molar-refractivity contribution >= 4 is 16.3 Å². The average molecular weight is 1110 g/mol. The Hall–Kier alpha value is -1.42. The number of carbonyl (C=O) groups is 1. The summed E-state index contributed by atoms with van der Waals surface area (Å²) in [6.45, 7) is 3.51. The van der Waals surface area contributed by atoms with Crippen LogP contribution in [0, 0.1) is 0 Å². The van der Waals surface area contributed by atoms with Gasteiger partial charge in [-0.05, 0) is 44.9 Å². The quantitative estimate of drug-likeness (QED) is 0.0193. The van der Waals surface area contributed by atoms with Gasteiger partial charge in [-0.15, -0.1) is 0 Å². The van der Waals surface area contributed by atoms with Crippen molar-refractivity contribution in [3.63, 3.8) is 0 Å². The average Bonchev–Trinajstić information content (AvgIpc) is 3.41. The minimum Gasteiger partial charge on any atom is -0.394 e. The van der Waals surface area contributed by atoms with Gasteiger partial charge < -0.3 is 35.2 Å². The second-order valence-corrected chi connectivity index (χ2v) is 24.1. The minimum atomic E-state index is -5.08. The molecule has 77 heavy (non-hydrogen) atoms. The zero-order chi connectivity index (χ0) is 56.1. The molecule has 7 unspecified atom stereocenters. The molecule has 1 fully saturated rings. The van der Waals surface area contributed by atoms with Crippen molar-refractivity contribution in [1.82, 2.24) is 5.32 Å². The van der Waals surface area contributed by atoms with Gasteiger partial charge in [-0.3, -0.25) is 9.35 Å². The van der Waals surface area contributed by atoms with Crippen LogP contribution >= 0.6 is 0 Å². The van der Waals surface area contributed by atoms with E-state index in [2.05, 4.69) is 47.7 Å². The number of allylic oxidation sites excluding steroid dienone is 4. The summed E-state index contributed by atoms with van der Waals surface area (Å²) in [6, 6.07) is -0.861. The summed E-state index contributed by atoms with van der Waals surface area (Å²) in [5.74, 6) is -0.229. The fourth-order valence-corrected chi connectivity index (χ4v) is 11.2. The molecule has 1 aliphatic heterocycles. The van der Waals surface area contributed by atoms with Gasteiger partial charge in [0.05, 0.1) is 25.4 Å². The summed E-state index contributed by atoms with van der Waals surface area (Å²) in [7, 11) is -5.08. The first-order chi connectivity index (χ1) is 37.5. The third kappa shape index (κ3) is 45.8. The molecule has 1 rings (SSSR count). The SMILES string of the molecule is CCCCCCCCCCC/C=C\C/C=C\CCCCCCCCCCCC(=O)NC(COC1OC(CO)C(O)C(OS(=O)(=O)O)C1O)C(O)CCCCCCCCCCCCCCCCCCCCCCCCCCC. The van der Waals surface area contributed by atoms with E-state index < -0.39 is 59.9 Å². The normalized spacial score (nSPS) is 19.0. The second-order valence-electron chi connectivity index (χ2n) is 23.1. The lowest BCUT2D eigenvalue weighted by molar-refractivity contribution is -0.298. The van der Waals surface area contributed by atoms with Crippen molar-refractivity contribution in [1.29, 1.82) is 0 Å². The lowest BCUT2D eigenvalue weighted by atomic mass is 9.99. The highest BCUT2D eigenvalue weighted by molar-refractivity contribution is 7.80. The van der Waals surface area contributed by atoms with Crippen LogP contribution in [0.2, 0.25) is 0 Å². The number of aliphatic hydroxyl groups excluding tert-OH is 4. The second kappa shape index (κ2) is 53.9. The number of unbranched alkanes of at least 4 members (excludes halogenated alkanes) is 42. The van der Waals surface area contributed by atoms with Gasteiger partial charge in [0.25, 0.3) is 0 Å². The topological polar surface area (TPSA) is 192 Å². The first kappa shape index (κ1) is 73.6. The van der Waals surface area contributed by atoms with Crippen LogP contribution in [0.4, 0.5) is 0 Å². The number of aliphatic hydroxyl groups is 4. The van der Waals surface area contributed by atoms with E-state index in [-0.39, 0.29) is 18.9 Å².